The molecule has 1 aliphatic rings. The number of likely N-dealkylation sites (N-methyl/N-ethyl adjacent to an activating group) is 1. The third-order valence-corrected chi connectivity index (χ3v) is 8.38. The van der Waals surface area contributed by atoms with E-state index in [1.54, 1.807) is 5.38 Å². The molecular weight excluding hydrogens is 492 g/mol. The first-order chi connectivity index (χ1) is 17.5. The van der Waals surface area contributed by atoms with Crippen molar-refractivity contribution in [3.05, 3.63) is 16.1 Å². The van der Waals surface area contributed by atoms with Gasteiger partial charge in [-0.1, -0.05) is 47.5 Å². The summed E-state index contributed by atoms with van der Waals surface area (Å²) in [5.74, 6) is -0.722. The van der Waals surface area contributed by atoms with Gasteiger partial charge in [0.1, 0.15) is 17.2 Å². The molecule has 5 atom stereocenters. The quantitative estimate of drug-likeness (QED) is 0.369. The molecule has 2 N–H and O–H groups in total. The summed E-state index contributed by atoms with van der Waals surface area (Å²) in [6.07, 6.45) is 3.73. The SMILES string of the molecule is CCCN(C(=O)[C@@H](NC(=O)[C@H]1CCCCN1C)[C@@H](C)CC)[C@H](C[C@@H](O)c1nc(C(=O)OC)cs1)C(C)C. The van der Waals surface area contributed by atoms with Gasteiger partial charge in [-0.15, -0.1) is 11.3 Å². The Morgan fingerprint density at radius 1 is 1.27 bits per heavy atom. The highest BCUT2D eigenvalue weighted by Gasteiger charge is 2.37. The summed E-state index contributed by atoms with van der Waals surface area (Å²) < 4.78 is 4.72. The van der Waals surface area contributed by atoms with Crippen LogP contribution in [0.4, 0.5) is 0 Å². The highest BCUT2D eigenvalue weighted by Crippen LogP contribution is 2.29. The number of thiazole rings is 1. The second kappa shape index (κ2) is 14.8. The summed E-state index contributed by atoms with van der Waals surface area (Å²) in [7, 11) is 3.26. The van der Waals surface area contributed by atoms with Crippen LogP contribution in [-0.4, -0.2) is 83.0 Å². The van der Waals surface area contributed by atoms with E-state index in [2.05, 4.69) is 15.2 Å². The van der Waals surface area contributed by atoms with Gasteiger partial charge in [-0.2, -0.15) is 0 Å². The minimum Gasteiger partial charge on any atom is -0.464 e. The van der Waals surface area contributed by atoms with Crippen LogP contribution in [0.2, 0.25) is 0 Å². The molecule has 2 rings (SSSR count). The molecule has 0 unspecified atom stereocenters. The summed E-state index contributed by atoms with van der Waals surface area (Å²) >= 11 is 1.20. The Morgan fingerprint density at radius 3 is 2.54 bits per heavy atom. The van der Waals surface area contributed by atoms with Crippen molar-refractivity contribution in [3.63, 3.8) is 0 Å². The molecule has 0 aromatic carbocycles. The monoisotopic (exact) mass is 538 g/mol. The second-order valence-electron chi connectivity index (χ2n) is 10.5. The average molecular weight is 539 g/mol. The number of aromatic nitrogens is 1. The van der Waals surface area contributed by atoms with E-state index < -0.39 is 18.1 Å². The molecule has 0 spiro atoms. The van der Waals surface area contributed by atoms with Gasteiger partial charge in [0.15, 0.2) is 5.69 Å². The van der Waals surface area contributed by atoms with Crippen molar-refractivity contribution >= 4 is 29.1 Å². The van der Waals surface area contributed by atoms with Gasteiger partial charge in [0.05, 0.1) is 13.2 Å². The van der Waals surface area contributed by atoms with Gasteiger partial charge in [-0.25, -0.2) is 9.78 Å². The van der Waals surface area contributed by atoms with Crippen LogP contribution in [0.25, 0.3) is 0 Å². The average Bonchev–Trinajstić information content (AvgIpc) is 3.38. The van der Waals surface area contributed by atoms with E-state index in [0.29, 0.717) is 11.6 Å². The predicted octanol–water partition coefficient (Wildman–Crippen LogP) is 3.63. The highest BCUT2D eigenvalue weighted by molar-refractivity contribution is 7.09. The fraction of sp³-hybridized carbons (Fsp3) is 0.778. The first kappa shape index (κ1) is 31.2. The number of ether oxygens (including phenoxy) is 1. The molecule has 2 amide bonds. The largest absolute Gasteiger partial charge is 0.464 e. The van der Waals surface area contributed by atoms with Gasteiger partial charge < -0.3 is 20.1 Å². The number of nitrogens with one attached hydrogen (secondary N) is 1. The van der Waals surface area contributed by atoms with Crippen molar-refractivity contribution in [2.24, 2.45) is 11.8 Å². The number of aliphatic hydroxyl groups is 1. The summed E-state index contributed by atoms with van der Waals surface area (Å²) in [5.41, 5.74) is 0.163. The summed E-state index contributed by atoms with van der Waals surface area (Å²) in [6.45, 7) is 11.5. The number of esters is 1. The zero-order valence-corrected chi connectivity index (χ0v) is 24.3. The Hall–Kier alpha value is -2.04. The number of aliphatic hydroxyl groups excluding tert-OH is 1. The standard InChI is InChI=1S/C27H46N4O5S/c1-8-13-31(21(17(3)4)15-22(32)25-28-19(16-37-25)27(35)36-7)26(34)23(18(5)9-2)29-24(33)20-12-10-11-14-30(20)6/h16-18,20-23,32H,8-15H2,1-7H3,(H,29,33)/t18-,20+,21+,22+,23-/m0/s1. The number of rotatable bonds is 13. The molecule has 1 aromatic rings. The van der Waals surface area contributed by atoms with Crippen molar-refractivity contribution in [3.8, 4) is 0 Å². The van der Waals surface area contributed by atoms with E-state index in [0.717, 1.165) is 38.6 Å². The molecule has 0 bridgehead atoms. The minimum absolute atomic E-state index is 0.0379. The number of amides is 2. The number of hydrogen-bond donors (Lipinski definition) is 2. The minimum atomic E-state index is -0.935. The lowest BCUT2D eigenvalue weighted by Crippen LogP contribution is -2.58. The zero-order valence-electron chi connectivity index (χ0n) is 23.5. The Labute approximate surface area is 226 Å². The van der Waals surface area contributed by atoms with E-state index in [1.807, 2.05) is 46.6 Å². The summed E-state index contributed by atoms with van der Waals surface area (Å²) in [5, 5.41) is 16.1. The molecule has 0 saturated carbocycles. The second-order valence-corrected chi connectivity index (χ2v) is 11.4. The number of carbonyl (C=O) groups excluding carboxylic acids is 3. The smallest absolute Gasteiger partial charge is 0.357 e. The van der Waals surface area contributed by atoms with Gasteiger partial charge in [-0.05, 0) is 44.7 Å². The summed E-state index contributed by atoms with van der Waals surface area (Å²) in [6, 6.07) is -1.12. The number of nitrogens with zero attached hydrogens (tertiary/aromatic N) is 3. The lowest BCUT2D eigenvalue weighted by Gasteiger charge is -2.39. The number of piperidine rings is 1. The lowest BCUT2D eigenvalue weighted by molar-refractivity contribution is -0.142. The van der Waals surface area contributed by atoms with Crippen LogP contribution in [0, 0.1) is 11.8 Å². The van der Waals surface area contributed by atoms with Gasteiger partial charge in [0.2, 0.25) is 11.8 Å². The van der Waals surface area contributed by atoms with E-state index in [1.165, 1.54) is 18.4 Å². The van der Waals surface area contributed by atoms with Crippen LogP contribution in [0.5, 0.6) is 0 Å². The molecule has 9 nitrogen and oxygen atoms in total. The molecule has 0 aliphatic carbocycles. The number of hydrogen-bond acceptors (Lipinski definition) is 8. The molecular formula is C27H46N4O5S. The topological polar surface area (TPSA) is 112 Å². The molecule has 37 heavy (non-hydrogen) atoms. The van der Waals surface area contributed by atoms with Crippen LogP contribution in [0.3, 0.4) is 0 Å². The van der Waals surface area contributed by atoms with Crippen molar-refractivity contribution in [1.29, 1.82) is 0 Å². The molecule has 1 saturated heterocycles. The maximum Gasteiger partial charge on any atom is 0.357 e. The van der Waals surface area contributed by atoms with Crippen LogP contribution < -0.4 is 5.32 Å². The van der Waals surface area contributed by atoms with Crippen molar-refractivity contribution in [2.45, 2.75) is 97.4 Å². The predicted molar refractivity (Wildman–Crippen MR) is 145 cm³/mol. The number of methoxy groups -OCH3 is 1. The molecule has 210 valence electrons. The first-order valence-corrected chi connectivity index (χ1v) is 14.5. The molecule has 10 heteroatoms. The molecule has 2 heterocycles. The Kier molecular flexibility index (Phi) is 12.5. The van der Waals surface area contributed by atoms with Gasteiger partial charge in [-0.3, -0.25) is 14.5 Å². The molecule has 1 aliphatic heterocycles. The van der Waals surface area contributed by atoms with E-state index in [9.17, 15) is 19.5 Å². The van der Waals surface area contributed by atoms with Gasteiger partial charge in [0.25, 0.3) is 0 Å². The number of carbonyl (C=O) groups is 3. The third kappa shape index (κ3) is 8.22. The van der Waals surface area contributed by atoms with Crippen molar-refractivity contribution in [1.82, 2.24) is 20.1 Å². The van der Waals surface area contributed by atoms with Crippen molar-refractivity contribution < 1.29 is 24.2 Å². The molecule has 1 fully saturated rings. The van der Waals surface area contributed by atoms with E-state index in [-0.39, 0.29) is 47.8 Å². The van der Waals surface area contributed by atoms with Crippen molar-refractivity contribution in [2.75, 3.05) is 27.2 Å². The van der Waals surface area contributed by atoms with Gasteiger partial charge in [0, 0.05) is 24.4 Å². The van der Waals surface area contributed by atoms with Crippen LogP contribution >= 0.6 is 11.3 Å². The van der Waals surface area contributed by atoms with Crippen LogP contribution in [0.15, 0.2) is 5.38 Å². The van der Waals surface area contributed by atoms with E-state index in [4.69, 9.17) is 4.74 Å². The molecule has 1 aromatic heterocycles. The maximum absolute atomic E-state index is 14.1. The fourth-order valence-corrected chi connectivity index (χ4v) is 5.71. The third-order valence-electron chi connectivity index (χ3n) is 7.43. The highest BCUT2D eigenvalue weighted by atomic mass is 32.1. The van der Waals surface area contributed by atoms with Gasteiger partial charge >= 0.3 is 5.97 Å². The fourth-order valence-electron chi connectivity index (χ4n) is 4.93. The Bertz CT molecular complexity index is 892. The van der Waals surface area contributed by atoms with Crippen LogP contribution in [-0.2, 0) is 14.3 Å². The summed E-state index contributed by atoms with van der Waals surface area (Å²) in [4.78, 5) is 47.3. The normalized spacial score (nSPS) is 19.6. The number of likely N-dealkylation sites (tertiary alicyclic amines) is 1. The zero-order chi connectivity index (χ0) is 27.7. The lowest BCUT2D eigenvalue weighted by atomic mass is 9.92. The maximum atomic E-state index is 14.1. The first-order valence-electron chi connectivity index (χ1n) is 13.6. The van der Waals surface area contributed by atoms with Crippen LogP contribution in [0.1, 0.15) is 94.7 Å². The van der Waals surface area contributed by atoms with E-state index >= 15 is 0 Å². The Balaban J connectivity index is 2.27. The molecule has 0 radical (unpaired) electrons. The Morgan fingerprint density at radius 2 is 1.97 bits per heavy atom.